The van der Waals surface area contributed by atoms with E-state index in [0.717, 1.165) is 21.6 Å². The van der Waals surface area contributed by atoms with E-state index in [2.05, 4.69) is 141 Å². The minimum absolute atomic E-state index is 0.248. The van der Waals surface area contributed by atoms with E-state index in [-0.39, 0.29) is 18.4 Å². The molecule has 0 saturated carbocycles. The lowest BCUT2D eigenvalue weighted by Crippen LogP contribution is -2.51. The van der Waals surface area contributed by atoms with Crippen LogP contribution in [-0.4, -0.2) is 25.5 Å². The smallest absolute Gasteiger partial charge is 0.199 e. The van der Waals surface area contributed by atoms with E-state index in [1.807, 2.05) is 18.2 Å². The minimum Gasteiger partial charge on any atom is -0.400 e. The van der Waals surface area contributed by atoms with Crippen LogP contribution in [0.15, 0.2) is 91.0 Å². The fraction of sp³-hybridized carbons (Fsp3) is 0.375. The van der Waals surface area contributed by atoms with Crippen LogP contribution in [0.3, 0.4) is 0 Å². The first-order valence-electron chi connectivity index (χ1n) is 12.7. The molecule has 0 N–H and O–H groups in total. The number of hydrogen-bond acceptors (Lipinski definition) is 2. The summed E-state index contributed by atoms with van der Waals surface area (Å²) in [6, 6.07) is 31.3. The molecule has 2 nitrogen and oxygen atoms in total. The summed E-state index contributed by atoms with van der Waals surface area (Å²) in [5.41, 5.74) is 1.93. The third kappa shape index (κ3) is 6.21. The van der Waals surface area contributed by atoms with Gasteiger partial charge in [0, 0.05) is 4.95 Å². The first-order chi connectivity index (χ1) is 17.2. The second kappa shape index (κ2) is 12.4. The standard InChI is InChI=1S/C32H39BrO2Si/c1-26(2)31(27(3)4,35-36(5,6)25-33)23-16-24-34-32(28-17-10-7-11-18-28,29-19-12-8-13-20-29)30-21-14-9-15-22-30/h7-15,17-22,26-27H,24-25H2,1-6H3. The van der Waals surface area contributed by atoms with E-state index in [1.165, 1.54) is 0 Å². The summed E-state index contributed by atoms with van der Waals surface area (Å²) in [5.74, 6) is 7.47. The highest BCUT2D eigenvalue weighted by molar-refractivity contribution is 9.09. The largest absolute Gasteiger partial charge is 0.400 e. The van der Waals surface area contributed by atoms with Crippen molar-refractivity contribution in [3.63, 3.8) is 0 Å². The average Bonchev–Trinajstić information content (AvgIpc) is 2.89. The van der Waals surface area contributed by atoms with Crippen molar-refractivity contribution in [2.24, 2.45) is 11.8 Å². The molecule has 0 unspecified atom stereocenters. The maximum atomic E-state index is 6.87. The van der Waals surface area contributed by atoms with Crippen LogP contribution in [0, 0.1) is 23.7 Å². The molecular weight excluding hydrogens is 524 g/mol. The second-order valence-corrected chi connectivity index (χ2v) is 16.1. The van der Waals surface area contributed by atoms with Gasteiger partial charge in [-0.05, 0) is 41.6 Å². The Hall–Kier alpha value is -2.16. The fourth-order valence-corrected chi connectivity index (χ4v) is 6.62. The first-order valence-corrected chi connectivity index (χ1v) is 17.0. The van der Waals surface area contributed by atoms with E-state index in [9.17, 15) is 0 Å². The normalized spacial score (nSPS) is 12.5. The van der Waals surface area contributed by atoms with E-state index in [0.29, 0.717) is 0 Å². The van der Waals surface area contributed by atoms with Gasteiger partial charge in [0.25, 0.3) is 0 Å². The van der Waals surface area contributed by atoms with Gasteiger partial charge < -0.3 is 9.16 Å². The maximum absolute atomic E-state index is 6.87. The quantitative estimate of drug-likeness (QED) is 0.107. The van der Waals surface area contributed by atoms with Gasteiger partial charge in [0.05, 0.1) is 0 Å². The van der Waals surface area contributed by atoms with Crippen molar-refractivity contribution in [3.05, 3.63) is 108 Å². The van der Waals surface area contributed by atoms with Gasteiger partial charge in [0.1, 0.15) is 17.8 Å². The lowest BCUT2D eigenvalue weighted by atomic mass is 9.80. The Morgan fingerprint density at radius 1 is 0.722 bits per heavy atom. The molecule has 0 fully saturated rings. The second-order valence-electron chi connectivity index (χ2n) is 10.5. The Balaban J connectivity index is 2.08. The van der Waals surface area contributed by atoms with Gasteiger partial charge in [-0.2, -0.15) is 0 Å². The average molecular weight is 564 g/mol. The molecule has 0 aliphatic carbocycles. The van der Waals surface area contributed by atoms with Crippen LogP contribution in [0.25, 0.3) is 0 Å². The maximum Gasteiger partial charge on any atom is 0.199 e. The Labute approximate surface area is 227 Å². The molecule has 0 spiro atoms. The highest BCUT2D eigenvalue weighted by Gasteiger charge is 2.42. The fourth-order valence-electron chi connectivity index (χ4n) is 4.79. The predicted octanol–water partition coefficient (Wildman–Crippen LogP) is 8.21. The topological polar surface area (TPSA) is 18.5 Å². The van der Waals surface area contributed by atoms with Gasteiger partial charge in [-0.15, -0.1) is 0 Å². The molecule has 0 aromatic heterocycles. The minimum atomic E-state index is -1.92. The van der Waals surface area contributed by atoms with E-state index in [1.54, 1.807) is 0 Å². The lowest BCUT2D eigenvalue weighted by molar-refractivity contribution is 0.0238. The van der Waals surface area contributed by atoms with Crippen molar-refractivity contribution in [3.8, 4) is 11.8 Å². The van der Waals surface area contributed by atoms with Crippen molar-refractivity contribution in [1.29, 1.82) is 0 Å². The molecule has 0 aliphatic heterocycles. The molecule has 190 valence electrons. The van der Waals surface area contributed by atoms with Crippen LogP contribution < -0.4 is 0 Å². The zero-order chi connectivity index (χ0) is 26.2. The third-order valence-electron chi connectivity index (χ3n) is 6.67. The van der Waals surface area contributed by atoms with Crippen LogP contribution >= 0.6 is 15.9 Å². The summed E-state index contributed by atoms with van der Waals surface area (Å²) in [6.07, 6.45) is 0. The molecule has 0 heterocycles. The third-order valence-corrected chi connectivity index (χ3v) is 12.3. The van der Waals surface area contributed by atoms with Crippen molar-refractivity contribution in [2.75, 3.05) is 11.6 Å². The van der Waals surface area contributed by atoms with Crippen molar-refractivity contribution in [2.45, 2.75) is 52.0 Å². The van der Waals surface area contributed by atoms with Crippen molar-refractivity contribution < 1.29 is 9.16 Å². The summed E-state index contributed by atoms with van der Waals surface area (Å²) < 4.78 is 13.7. The molecular formula is C32H39BrO2Si. The van der Waals surface area contributed by atoms with E-state index < -0.39 is 19.5 Å². The van der Waals surface area contributed by atoms with Crippen LogP contribution in [-0.2, 0) is 14.8 Å². The predicted molar refractivity (Wildman–Crippen MR) is 158 cm³/mol. The van der Waals surface area contributed by atoms with Gasteiger partial charge in [-0.25, -0.2) is 0 Å². The van der Waals surface area contributed by atoms with Crippen LogP contribution in [0.2, 0.25) is 13.1 Å². The molecule has 3 rings (SSSR count). The molecule has 0 saturated heterocycles. The summed E-state index contributed by atoms with van der Waals surface area (Å²) >= 11 is 3.67. The lowest BCUT2D eigenvalue weighted by Gasteiger charge is -2.42. The number of rotatable bonds is 10. The van der Waals surface area contributed by atoms with Gasteiger partial charge in [-0.3, -0.25) is 0 Å². The number of hydrogen-bond donors (Lipinski definition) is 0. The van der Waals surface area contributed by atoms with Crippen LogP contribution in [0.5, 0.6) is 0 Å². The van der Waals surface area contributed by atoms with Gasteiger partial charge in [0.15, 0.2) is 8.32 Å². The van der Waals surface area contributed by atoms with Gasteiger partial charge in [-0.1, -0.05) is 146 Å². The van der Waals surface area contributed by atoms with Crippen molar-refractivity contribution >= 4 is 24.2 Å². The molecule has 0 radical (unpaired) electrons. The van der Waals surface area contributed by atoms with E-state index in [4.69, 9.17) is 9.16 Å². The van der Waals surface area contributed by atoms with Crippen LogP contribution in [0.1, 0.15) is 44.4 Å². The number of benzene rings is 3. The summed E-state index contributed by atoms with van der Waals surface area (Å²) in [5, 5.41) is 0. The summed E-state index contributed by atoms with van der Waals surface area (Å²) in [4.78, 5) is 0.874. The summed E-state index contributed by atoms with van der Waals surface area (Å²) in [6.45, 7) is 13.6. The SMILES string of the molecule is CC(C)C(C#CCOC(c1ccccc1)(c1ccccc1)c1ccccc1)(O[Si](C)(C)CBr)C(C)C. The molecule has 0 amide bonds. The van der Waals surface area contributed by atoms with E-state index >= 15 is 0 Å². The number of alkyl halides is 1. The molecule has 36 heavy (non-hydrogen) atoms. The Morgan fingerprint density at radius 2 is 1.11 bits per heavy atom. The van der Waals surface area contributed by atoms with Crippen molar-refractivity contribution in [1.82, 2.24) is 0 Å². The van der Waals surface area contributed by atoms with Crippen LogP contribution in [0.4, 0.5) is 0 Å². The molecule has 3 aromatic rings. The molecule has 0 atom stereocenters. The Bertz CT molecular complexity index is 1030. The monoisotopic (exact) mass is 562 g/mol. The number of halogens is 1. The summed E-state index contributed by atoms with van der Waals surface area (Å²) in [7, 11) is -1.92. The van der Waals surface area contributed by atoms with Gasteiger partial charge >= 0.3 is 0 Å². The first kappa shape index (κ1) is 28.4. The molecule has 4 heteroatoms. The number of ether oxygens (including phenoxy) is 1. The Kier molecular flexibility index (Phi) is 9.77. The highest BCUT2D eigenvalue weighted by Crippen LogP contribution is 2.40. The highest BCUT2D eigenvalue weighted by atomic mass is 79.9. The Morgan fingerprint density at radius 3 is 1.44 bits per heavy atom. The molecule has 3 aromatic carbocycles. The molecule has 0 bridgehead atoms. The van der Waals surface area contributed by atoms with Gasteiger partial charge in [0.2, 0.25) is 0 Å². The molecule has 0 aliphatic rings. The zero-order valence-corrected chi connectivity index (χ0v) is 25.0. The zero-order valence-electron chi connectivity index (χ0n) is 22.4.